The van der Waals surface area contributed by atoms with Crippen LogP contribution < -0.4 is 10.1 Å². The Bertz CT molecular complexity index is 487. The van der Waals surface area contributed by atoms with Crippen LogP contribution in [-0.2, 0) is 16.0 Å². The Hall–Kier alpha value is -2.04. The van der Waals surface area contributed by atoms with E-state index in [0.29, 0.717) is 17.7 Å². The van der Waals surface area contributed by atoms with E-state index in [4.69, 9.17) is 11.2 Å². The van der Waals surface area contributed by atoms with Crippen molar-refractivity contribution in [1.82, 2.24) is 5.32 Å². The number of hydrogen-bond donors (Lipinski definition) is 2. The number of carboxylic acid groups (broad SMARTS) is 1. The lowest BCUT2D eigenvalue weighted by molar-refractivity contribution is -0.142. The number of nitrogens with one attached hydrogen (secondary N) is 1. The molecule has 1 amide bonds. The maximum atomic E-state index is 12.0. The van der Waals surface area contributed by atoms with Crippen LogP contribution in [0.4, 0.5) is 0 Å². The fourth-order valence-electron chi connectivity index (χ4n) is 1.76. The number of hydrogen-bond acceptors (Lipinski definition) is 3. The molecule has 1 unspecified atom stereocenters. The molecule has 1 aromatic carbocycles. The predicted octanol–water partition coefficient (Wildman–Crippen LogP) is 1.85. The van der Waals surface area contributed by atoms with Crippen molar-refractivity contribution < 1.29 is 20.8 Å². The van der Waals surface area contributed by atoms with Crippen LogP contribution in [0.25, 0.3) is 0 Å². The van der Waals surface area contributed by atoms with Gasteiger partial charge in [0.2, 0.25) is 5.91 Å². The lowest BCUT2D eigenvalue weighted by Gasteiger charge is -2.16. The summed E-state index contributed by atoms with van der Waals surface area (Å²) in [5.74, 6) is -0.932. The molecule has 0 radical (unpaired) electrons. The van der Waals surface area contributed by atoms with Gasteiger partial charge in [-0.1, -0.05) is 26.0 Å². The average Bonchev–Trinajstić information content (AvgIpc) is 2.45. The molecule has 5 nitrogen and oxygen atoms in total. The third kappa shape index (κ3) is 5.30. The Morgan fingerprint density at radius 2 is 1.95 bits per heavy atom. The van der Waals surface area contributed by atoms with Gasteiger partial charge in [-0.3, -0.25) is 4.79 Å². The van der Waals surface area contributed by atoms with Gasteiger partial charge in [-0.15, -0.1) is 0 Å². The zero-order chi connectivity index (χ0) is 16.0. The molecule has 0 spiro atoms. The van der Waals surface area contributed by atoms with Gasteiger partial charge in [-0.25, -0.2) is 4.79 Å². The number of amides is 1. The third-order valence-corrected chi connectivity index (χ3v) is 2.74. The zero-order valence-corrected chi connectivity index (χ0v) is 11.9. The van der Waals surface area contributed by atoms with Crippen molar-refractivity contribution in [2.75, 3.05) is 7.11 Å². The normalized spacial score (nSPS) is 14.3. The SMILES string of the molecule is [2H]C(C(=O)N[C@@H](CC(C)C)C(=O)O)c1ccc(OC)cc1. The van der Waals surface area contributed by atoms with Gasteiger partial charge in [0.25, 0.3) is 0 Å². The highest BCUT2D eigenvalue weighted by Gasteiger charge is 2.20. The molecule has 5 heteroatoms. The first-order valence-electron chi connectivity index (χ1n) is 7.02. The summed E-state index contributed by atoms with van der Waals surface area (Å²) in [6.45, 7) is 3.76. The van der Waals surface area contributed by atoms with E-state index in [0.717, 1.165) is 0 Å². The highest BCUT2D eigenvalue weighted by Crippen LogP contribution is 2.12. The smallest absolute Gasteiger partial charge is 0.326 e. The van der Waals surface area contributed by atoms with Gasteiger partial charge < -0.3 is 15.2 Å². The van der Waals surface area contributed by atoms with Gasteiger partial charge >= 0.3 is 5.97 Å². The second-order valence-corrected chi connectivity index (χ2v) is 4.95. The van der Waals surface area contributed by atoms with Crippen molar-refractivity contribution >= 4 is 11.9 Å². The Morgan fingerprint density at radius 1 is 1.35 bits per heavy atom. The van der Waals surface area contributed by atoms with Gasteiger partial charge in [0.15, 0.2) is 0 Å². The van der Waals surface area contributed by atoms with E-state index in [1.165, 1.54) is 7.11 Å². The highest BCUT2D eigenvalue weighted by atomic mass is 16.5. The van der Waals surface area contributed by atoms with Crippen molar-refractivity contribution in [1.29, 1.82) is 0 Å². The second kappa shape index (κ2) is 7.53. The quantitative estimate of drug-likeness (QED) is 0.799. The van der Waals surface area contributed by atoms with Crippen LogP contribution in [0.3, 0.4) is 0 Å². The molecule has 2 N–H and O–H groups in total. The molecule has 0 bridgehead atoms. The van der Waals surface area contributed by atoms with Crippen molar-refractivity contribution in [3.8, 4) is 5.75 Å². The summed E-state index contributed by atoms with van der Waals surface area (Å²) in [4.78, 5) is 23.1. The summed E-state index contributed by atoms with van der Waals surface area (Å²) >= 11 is 0. The number of carboxylic acids is 1. The van der Waals surface area contributed by atoms with Gasteiger partial charge in [-0.2, -0.15) is 0 Å². The molecule has 1 rings (SSSR count). The van der Waals surface area contributed by atoms with Crippen molar-refractivity contribution in [3.05, 3.63) is 29.8 Å². The van der Waals surface area contributed by atoms with Gasteiger partial charge in [-0.05, 0) is 30.0 Å². The molecule has 0 aliphatic heterocycles. The molecule has 0 aromatic heterocycles. The van der Waals surface area contributed by atoms with Crippen LogP contribution in [0, 0.1) is 5.92 Å². The van der Waals surface area contributed by atoms with Gasteiger partial charge in [0.1, 0.15) is 11.8 Å². The third-order valence-electron chi connectivity index (χ3n) is 2.74. The Labute approximate surface area is 120 Å². The molecule has 2 atom stereocenters. The molecule has 0 fully saturated rings. The maximum Gasteiger partial charge on any atom is 0.326 e. The van der Waals surface area contributed by atoms with E-state index in [1.807, 2.05) is 13.8 Å². The number of rotatable bonds is 7. The van der Waals surface area contributed by atoms with Crippen molar-refractivity contribution in [3.63, 3.8) is 0 Å². The average molecular weight is 280 g/mol. The van der Waals surface area contributed by atoms with E-state index < -0.39 is 24.3 Å². The number of aliphatic carboxylic acids is 1. The number of ether oxygens (including phenoxy) is 1. The van der Waals surface area contributed by atoms with E-state index in [9.17, 15) is 9.59 Å². The van der Waals surface area contributed by atoms with E-state index in [2.05, 4.69) is 5.32 Å². The van der Waals surface area contributed by atoms with Crippen LogP contribution in [0.15, 0.2) is 24.3 Å². The van der Waals surface area contributed by atoms with Crippen molar-refractivity contribution in [2.24, 2.45) is 5.92 Å². The number of carbonyl (C=O) groups is 2. The minimum Gasteiger partial charge on any atom is -0.497 e. The zero-order valence-electron chi connectivity index (χ0n) is 12.9. The summed E-state index contributed by atoms with van der Waals surface area (Å²) in [7, 11) is 1.53. The summed E-state index contributed by atoms with van der Waals surface area (Å²) in [6, 6.07) is 5.59. The Kier molecular flexibility index (Phi) is 5.41. The summed E-state index contributed by atoms with van der Waals surface area (Å²) in [5.41, 5.74) is 0.488. The second-order valence-electron chi connectivity index (χ2n) is 4.95. The monoisotopic (exact) mass is 280 g/mol. The minimum atomic E-state index is -1.16. The molecule has 0 aliphatic rings. The van der Waals surface area contributed by atoms with Crippen LogP contribution in [-0.4, -0.2) is 30.1 Å². The van der Waals surface area contributed by atoms with E-state index in [1.54, 1.807) is 24.3 Å². The molecule has 1 aromatic rings. The van der Waals surface area contributed by atoms with E-state index in [-0.39, 0.29) is 5.92 Å². The summed E-state index contributed by atoms with van der Waals surface area (Å²) in [5, 5.41) is 11.5. The molecule has 110 valence electrons. The largest absolute Gasteiger partial charge is 0.497 e. The molecule has 0 saturated heterocycles. The van der Waals surface area contributed by atoms with Gasteiger partial charge in [0, 0.05) is 1.37 Å². The van der Waals surface area contributed by atoms with Crippen LogP contribution >= 0.6 is 0 Å². The standard InChI is InChI=1S/C15H21NO4/c1-10(2)8-13(15(18)19)16-14(17)9-11-4-6-12(20-3)7-5-11/h4-7,10,13H,8-9H2,1-3H3,(H,16,17)(H,18,19)/t13-/m0/s1/i9D/t9?,13-. The first-order chi connectivity index (χ1) is 9.85. The minimum absolute atomic E-state index is 0.136. The molecule has 20 heavy (non-hydrogen) atoms. The first-order valence-corrected chi connectivity index (χ1v) is 6.44. The van der Waals surface area contributed by atoms with E-state index >= 15 is 0 Å². The first kappa shape index (κ1) is 14.4. The Morgan fingerprint density at radius 3 is 2.40 bits per heavy atom. The maximum absolute atomic E-state index is 12.0. The molecular formula is C15H21NO4. The molecular weight excluding hydrogens is 258 g/mol. The fourth-order valence-corrected chi connectivity index (χ4v) is 1.76. The molecule has 0 saturated carbocycles. The lowest BCUT2D eigenvalue weighted by atomic mass is 10.0. The Balaban J connectivity index is 2.73. The van der Waals surface area contributed by atoms with Crippen LogP contribution in [0.1, 0.15) is 27.2 Å². The number of benzene rings is 1. The molecule has 0 aliphatic carbocycles. The topological polar surface area (TPSA) is 75.6 Å². The van der Waals surface area contributed by atoms with Crippen molar-refractivity contribution in [2.45, 2.75) is 32.7 Å². The van der Waals surface area contributed by atoms with Crippen LogP contribution in [0.5, 0.6) is 5.75 Å². The van der Waals surface area contributed by atoms with Crippen LogP contribution in [0.2, 0.25) is 0 Å². The molecule has 0 heterocycles. The van der Waals surface area contributed by atoms with Gasteiger partial charge in [0.05, 0.1) is 13.5 Å². The highest BCUT2D eigenvalue weighted by molar-refractivity contribution is 5.84. The predicted molar refractivity (Wildman–Crippen MR) is 75.7 cm³/mol. The number of methoxy groups -OCH3 is 1. The summed E-state index contributed by atoms with van der Waals surface area (Å²) in [6.07, 6.45) is -0.832. The number of carbonyl (C=O) groups excluding carboxylic acids is 1. The fraction of sp³-hybridized carbons (Fsp3) is 0.467. The summed E-state index contributed by atoms with van der Waals surface area (Å²) < 4.78 is 12.9. The lowest BCUT2D eigenvalue weighted by Crippen LogP contribution is -2.42.